The third kappa shape index (κ3) is 4.33. The Hall–Kier alpha value is -4.12. The molecular weight excluding hydrogens is 468 g/mol. The van der Waals surface area contributed by atoms with Gasteiger partial charge >= 0.3 is 12.0 Å². The molecule has 2 fully saturated rings. The highest BCUT2D eigenvalue weighted by atomic mass is 16.5. The second-order valence-corrected chi connectivity index (χ2v) is 8.98. The second kappa shape index (κ2) is 9.86. The molecular formula is C25H28N4O7. The Labute approximate surface area is 207 Å². The molecule has 4 rings (SSSR count). The van der Waals surface area contributed by atoms with Crippen molar-refractivity contribution in [3.63, 3.8) is 0 Å². The van der Waals surface area contributed by atoms with Gasteiger partial charge in [0.05, 0.1) is 25.5 Å². The third-order valence-electron chi connectivity index (χ3n) is 6.92. The lowest BCUT2D eigenvalue weighted by atomic mass is 9.77. The SMILES string of the molecule is COc1cc(C2NC(CCCNC(N)=O)(C(=O)O)C3C(=O)N(Cc4ccccc4)C(=O)C23)ccc1O. The molecule has 4 atom stereocenters. The Kier molecular flexibility index (Phi) is 6.84. The zero-order valence-electron chi connectivity index (χ0n) is 19.6. The van der Waals surface area contributed by atoms with Gasteiger partial charge in [-0.05, 0) is 36.1 Å². The molecule has 6 N–H and O–H groups in total. The predicted molar refractivity (Wildman–Crippen MR) is 127 cm³/mol. The number of carboxylic acids is 1. The normalized spacial score (nSPS) is 25.0. The van der Waals surface area contributed by atoms with Crippen LogP contribution >= 0.6 is 0 Å². The lowest BCUT2D eigenvalue weighted by Crippen LogP contribution is -2.56. The molecule has 0 aliphatic carbocycles. The van der Waals surface area contributed by atoms with Crippen molar-refractivity contribution in [3.05, 3.63) is 59.7 Å². The van der Waals surface area contributed by atoms with Crippen LogP contribution in [0.25, 0.3) is 0 Å². The van der Waals surface area contributed by atoms with Crippen molar-refractivity contribution in [2.75, 3.05) is 13.7 Å². The first-order chi connectivity index (χ1) is 17.2. The van der Waals surface area contributed by atoms with Crippen molar-refractivity contribution in [2.45, 2.75) is 31.0 Å². The van der Waals surface area contributed by atoms with E-state index in [1.54, 1.807) is 30.3 Å². The maximum Gasteiger partial charge on any atom is 0.324 e. The molecule has 190 valence electrons. The Morgan fingerprint density at radius 1 is 1.17 bits per heavy atom. The molecule has 2 aromatic rings. The lowest BCUT2D eigenvalue weighted by Gasteiger charge is -2.31. The molecule has 2 aromatic carbocycles. The molecule has 36 heavy (non-hydrogen) atoms. The molecule has 0 spiro atoms. The number of methoxy groups -OCH3 is 1. The van der Waals surface area contributed by atoms with E-state index < -0.39 is 47.2 Å². The maximum atomic E-state index is 13.7. The minimum atomic E-state index is -1.77. The first kappa shape index (κ1) is 25.0. The van der Waals surface area contributed by atoms with E-state index in [0.29, 0.717) is 5.56 Å². The molecule has 11 nitrogen and oxygen atoms in total. The van der Waals surface area contributed by atoms with E-state index >= 15 is 0 Å². The highest BCUT2D eigenvalue weighted by Crippen LogP contribution is 2.51. The lowest BCUT2D eigenvalue weighted by molar-refractivity contribution is -0.152. The summed E-state index contributed by atoms with van der Waals surface area (Å²) < 4.78 is 5.20. The van der Waals surface area contributed by atoms with Crippen LogP contribution in [0, 0.1) is 11.8 Å². The Morgan fingerprint density at radius 3 is 2.53 bits per heavy atom. The number of hydrogen-bond acceptors (Lipinski definition) is 7. The van der Waals surface area contributed by atoms with Crippen LogP contribution in [-0.2, 0) is 20.9 Å². The number of aromatic hydroxyl groups is 1. The molecule has 0 bridgehead atoms. The van der Waals surface area contributed by atoms with Gasteiger partial charge in [-0.2, -0.15) is 0 Å². The fraction of sp³-hybridized carbons (Fsp3) is 0.360. The van der Waals surface area contributed by atoms with E-state index in [4.69, 9.17) is 10.5 Å². The van der Waals surface area contributed by atoms with Crippen LogP contribution in [0.2, 0.25) is 0 Å². The van der Waals surface area contributed by atoms with Crippen LogP contribution in [0.4, 0.5) is 4.79 Å². The van der Waals surface area contributed by atoms with Crippen molar-refractivity contribution < 1.29 is 34.1 Å². The molecule has 0 radical (unpaired) electrons. The van der Waals surface area contributed by atoms with E-state index in [0.717, 1.165) is 10.5 Å². The number of urea groups is 1. The van der Waals surface area contributed by atoms with Gasteiger partial charge < -0.3 is 26.0 Å². The summed E-state index contributed by atoms with van der Waals surface area (Å²) in [5, 5.41) is 25.9. The average Bonchev–Trinajstić information content (AvgIpc) is 3.33. The predicted octanol–water partition coefficient (Wildman–Crippen LogP) is 1.12. The van der Waals surface area contributed by atoms with Gasteiger partial charge in [-0.25, -0.2) is 4.79 Å². The first-order valence-electron chi connectivity index (χ1n) is 11.5. The standard InChI is InChI=1S/C25H28N4O7/c1-36-17-12-15(8-9-16(17)30)20-18-19(25(28-20,23(33)34)10-5-11-27-24(26)35)22(32)29(21(18)31)13-14-6-3-2-4-7-14/h2-4,6-9,12,18-20,28,30H,5,10-11,13H2,1H3,(H,33,34)(H3,26,27,35). The number of phenols is 1. The van der Waals surface area contributed by atoms with Crippen molar-refractivity contribution in [3.8, 4) is 11.5 Å². The van der Waals surface area contributed by atoms with Gasteiger partial charge in [0.2, 0.25) is 11.8 Å². The van der Waals surface area contributed by atoms with E-state index in [2.05, 4.69) is 10.6 Å². The number of imide groups is 1. The number of benzene rings is 2. The fourth-order valence-corrected chi connectivity index (χ4v) is 5.27. The number of nitrogens with one attached hydrogen (secondary N) is 2. The van der Waals surface area contributed by atoms with E-state index in [9.17, 15) is 29.4 Å². The van der Waals surface area contributed by atoms with Crippen LogP contribution in [0.5, 0.6) is 11.5 Å². The summed E-state index contributed by atoms with van der Waals surface area (Å²) in [6.07, 6.45) is 0.172. The summed E-state index contributed by atoms with van der Waals surface area (Å²) in [5.74, 6) is -4.44. The molecule has 0 saturated carbocycles. The number of aliphatic carboxylic acids is 1. The Morgan fingerprint density at radius 2 is 1.89 bits per heavy atom. The first-order valence-corrected chi connectivity index (χ1v) is 11.5. The molecule has 4 unspecified atom stereocenters. The van der Waals surface area contributed by atoms with Gasteiger partial charge in [0.15, 0.2) is 11.5 Å². The van der Waals surface area contributed by atoms with Gasteiger partial charge in [-0.3, -0.25) is 24.6 Å². The number of ether oxygens (including phenoxy) is 1. The van der Waals surface area contributed by atoms with E-state index in [-0.39, 0.29) is 37.4 Å². The maximum absolute atomic E-state index is 13.7. The number of hydrogen-bond donors (Lipinski definition) is 5. The van der Waals surface area contributed by atoms with E-state index in [1.165, 1.54) is 19.2 Å². The van der Waals surface area contributed by atoms with Gasteiger partial charge in [0, 0.05) is 12.6 Å². The molecule has 4 amide bonds. The van der Waals surface area contributed by atoms with E-state index in [1.807, 2.05) is 6.07 Å². The third-order valence-corrected chi connectivity index (χ3v) is 6.92. The average molecular weight is 497 g/mol. The zero-order valence-corrected chi connectivity index (χ0v) is 19.6. The number of fused-ring (bicyclic) bond motifs is 1. The highest BCUT2D eigenvalue weighted by Gasteiger charge is 2.68. The molecule has 2 aliphatic heterocycles. The Balaban J connectivity index is 1.75. The van der Waals surface area contributed by atoms with Crippen LogP contribution < -0.4 is 21.1 Å². The number of carbonyl (C=O) groups is 4. The molecule has 2 saturated heterocycles. The summed E-state index contributed by atoms with van der Waals surface area (Å²) in [4.78, 5) is 52.3. The quantitative estimate of drug-likeness (QED) is 0.254. The molecule has 0 aromatic heterocycles. The summed E-state index contributed by atoms with van der Waals surface area (Å²) in [7, 11) is 1.38. The van der Waals surface area contributed by atoms with Crippen molar-refractivity contribution in [2.24, 2.45) is 17.6 Å². The van der Waals surface area contributed by atoms with Gasteiger partial charge in [0.1, 0.15) is 5.54 Å². The molecule has 11 heteroatoms. The van der Waals surface area contributed by atoms with Gasteiger partial charge in [-0.1, -0.05) is 36.4 Å². The molecule has 2 aliphatic rings. The number of likely N-dealkylation sites (tertiary alicyclic amines) is 1. The van der Waals surface area contributed by atoms with Gasteiger partial charge in [-0.15, -0.1) is 0 Å². The summed E-state index contributed by atoms with van der Waals surface area (Å²) >= 11 is 0. The number of rotatable bonds is 9. The number of amides is 4. The summed E-state index contributed by atoms with van der Waals surface area (Å²) in [6.45, 7) is 0.132. The number of carbonyl (C=O) groups excluding carboxylic acids is 3. The van der Waals surface area contributed by atoms with Crippen molar-refractivity contribution >= 4 is 23.8 Å². The van der Waals surface area contributed by atoms with Crippen LogP contribution in [-0.4, -0.2) is 58.1 Å². The number of nitrogens with two attached hydrogens (primary N) is 1. The van der Waals surface area contributed by atoms with Crippen molar-refractivity contribution in [1.29, 1.82) is 0 Å². The zero-order chi connectivity index (χ0) is 26.0. The largest absolute Gasteiger partial charge is 0.504 e. The van der Waals surface area contributed by atoms with Crippen molar-refractivity contribution in [1.82, 2.24) is 15.5 Å². The highest BCUT2D eigenvalue weighted by molar-refractivity contribution is 6.09. The fourth-order valence-electron chi connectivity index (χ4n) is 5.27. The topological polar surface area (TPSA) is 171 Å². The second-order valence-electron chi connectivity index (χ2n) is 8.98. The number of phenolic OH excluding ortho intramolecular Hbond substituents is 1. The number of carboxylic acid groups (broad SMARTS) is 1. The minimum absolute atomic E-state index is 0.0239. The Bertz CT molecular complexity index is 1190. The summed E-state index contributed by atoms with van der Waals surface area (Å²) in [5.41, 5.74) is 4.59. The van der Waals surface area contributed by atoms with Crippen LogP contribution in [0.1, 0.15) is 30.0 Å². The monoisotopic (exact) mass is 496 g/mol. The smallest absolute Gasteiger partial charge is 0.324 e. The molecule has 2 heterocycles. The minimum Gasteiger partial charge on any atom is -0.504 e. The number of primary amides is 1. The van der Waals surface area contributed by atoms with Crippen LogP contribution in [0.15, 0.2) is 48.5 Å². The van der Waals surface area contributed by atoms with Gasteiger partial charge in [0.25, 0.3) is 0 Å². The summed E-state index contributed by atoms with van der Waals surface area (Å²) in [6, 6.07) is 11.9. The number of nitrogens with zero attached hydrogens (tertiary/aromatic N) is 1. The van der Waals surface area contributed by atoms with Crippen LogP contribution in [0.3, 0.4) is 0 Å².